The molecule has 7 heteroatoms. The highest BCUT2D eigenvalue weighted by Gasteiger charge is 2.22. The van der Waals surface area contributed by atoms with E-state index in [2.05, 4.69) is 14.8 Å². The quantitative estimate of drug-likeness (QED) is 0.607. The van der Waals surface area contributed by atoms with Crippen LogP contribution in [0.3, 0.4) is 0 Å². The van der Waals surface area contributed by atoms with Crippen LogP contribution in [-0.4, -0.2) is 62.3 Å². The second-order valence-electron chi connectivity index (χ2n) is 7.12. The summed E-state index contributed by atoms with van der Waals surface area (Å²) in [4.78, 5) is 9.39. The van der Waals surface area contributed by atoms with Gasteiger partial charge in [0.05, 0.1) is 27.9 Å². The molecule has 0 bridgehead atoms. The molecule has 29 heavy (non-hydrogen) atoms. The molecular formula is C22H27N3O4. The van der Waals surface area contributed by atoms with Crippen LogP contribution < -0.4 is 14.2 Å². The molecule has 0 amide bonds. The lowest BCUT2D eigenvalue weighted by molar-refractivity contribution is 0.114. The number of piperazine rings is 1. The SMILES string of the molecule is COc1ccc(CN2CCN(Cc3nc4ccccc4o3)CC2)c(OC)c1OC. The molecule has 7 nitrogen and oxygen atoms in total. The van der Waals surface area contributed by atoms with Gasteiger partial charge in [-0.25, -0.2) is 4.98 Å². The summed E-state index contributed by atoms with van der Waals surface area (Å²) in [5, 5.41) is 0. The fraction of sp³-hybridized carbons (Fsp3) is 0.409. The van der Waals surface area contributed by atoms with Crippen molar-refractivity contribution in [2.45, 2.75) is 13.1 Å². The molecule has 2 heterocycles. The van der Waals surface area contributed by atoms with E-state index in [9.17, 15) is 0 Å². The largest absolute Gasteiger partial charge is 0.493 e. The molecule has 0 unspecified atom stereocenters. The predicted molar refractivity (Wildman–Crippen MR) is 111 cm³/mol. The number of para-hydroxylation sites is 2. The number of nitrogens with zero attached hydrogens (tertiary/aromatic N) is 3. The van der Waals surface area contributed by atoms with Crippen molar-refractivity contribution in [1.29, 1.82) is 0 Å². The maximum Gasteiger partial charge on any atom is 0.209 e. The Labute approximate surface area is 170 Å². The molecule has 4 rings (SSSR count). The Balaban J connectivity index is 1.37. The summed E-state index contributed by atoms with van der Waals surface area (Å²) in [6.07, 6.45) is 0. The molecule has 1 aliphatic heterocycles. The van der Waals surface area contributed by atoms with Crippen molar-refractivity contribution < 1.29 is 18.6 Å². The van der Waals surface area contributed by atoms with Gasteiger partial charge in [0.1, 0.15) is 5.52 Å². The van der Waals surface area contributed by atoms with Crippen molar-refractivity contribution in [3.05, 3.63) is 47.9 Å². The molecule has 0 N–H and O–H groups in total. The Bertz CT molecular complexity index is 931. The standard InChI is InChI=1S/C22H27N3O4/c1-26-19-9-8-16(21(27-2)22(19)28-3)14-24-10-12-25(13-11-24)15-20-23-17-6-4-5-7-18(17)29-20/h4-9H,10-15H2,1-3H3. The van der Waals surface area contributed by atoms with Crippen LogP contribution >= 0.6 is 0 Å². The first-order chi connectivity index (χ1) is 14.2. The van der Waals surface area contributed by atoms with Gasteiger partial charge in [0.25, 0.3) is 0 Å². The second kappa shape index (κ2) is 8.71. The van der Waals surface area contributed by atoms with E-state index >= 15 is 0 Å². The molecule has 0 aliphatic carbocycles. The lowest BCUT2D eigenvalue weighted by atomic mass is 10.1. The van der Waals surface area contributed by atoms with E-state index in [1.165, 1.54) is 0 Å². The Morgan fingerprint density at radius 1 is 0.828 bits per heavy atom. The van der Waals surface area contributed by atoms with Gasteiger partial charge in [0.2, 0.25) is 11.6 Å². The van der Waals surface area contributed by atoms with E-state index in [-0.39, 0.29) is 0 Å². The van der Waals surface area contributed by atoms with E-state index in [0.29, 0.717) is 11.5 Å². The Kier molecular flexibility index (Phi) is 5.87. The van der Waals surface area contributed by atoms with Crippen LogP contribution in [0.1, 0.15) is 11.5 Å². The fourth-order valence-corrected chi connectivity index (χ4v) is 3.81. The third kappa shape index (κ3) is 4.16. The maximum absolute atomic E-state index is 5.86. The van der Waals surface area contributed by atoms with Crippen LogP contribution in [0.15, 0.2) is 40.8 Å². The highest BCUT2D eigenvalue weighted by molar-refractivity contribution is 5.72. The number of hydrogen-bond acceptors (Lipinski definition) is 7. The number of aromatic nitrogens is 1. The lowest BCUT2D eigenvalue weighted by Gasteiger charge is -2.34. The topological polar surface area (TPSA) is 60.2 Å². The average molecular weight is 397 g/mol. The van der Waals surface area contributed by atoms with Gasteiger partial charge in [-0.05, 0) is 18.2 Å². The van der Waals surface area contributed by atoms with Crippen molar-refractivity contribution in [2.75, 3.05) is 47.5 Å². The zero-order valence-corrected chi connectivity index (χ0v) is 17.2. The molecule has 1 aromatic heterocycles. The van der Waals surface area contributed by atoms with Gasteiger partial charge in [-0.1, -0.05) is 18.2 Å². The summed E-state index contributed by atoms with van der Waals surface area (Å²) >= 11 is 0. The molecule has 1 aliphatic rings. The van der Waals surface area contributed by atoms with Crippen molar-refractivity contribution in [1.82, 2.24) is 14.8 Å². The van der Waals surface area contributed by atoms with Gasteiger partial charge in [-0.15, -0.1) is 0 Å². The molecule has 0 radical (unpaired) electrons. The summed E-state index contributed by atoms with van der Waals surface area (Å²) in [7, 11) is 4.93. The highest BCUT2D eigenvalue weighted by Crippen LogP contribution is 2.40. The number of ether oxygens (including phenoxy) is 3. The molecule has 0 saturated carbocycles. The fourth-order valence-electron chi connectivity index (χ4n) is 3.81. The van der Waals surface area contributed by atoms with Crippen LogP contribution in [0.2, 0.25) is 0 Å². The summed E-state index contributed by atoms with van der Waals surface area (Å²) in [6.45, 7) is 5.42. The average Bonchev–Trinajstić information content (AvgIpc) is 3.17. The van der Waals surface area contributed by atoms with Gasteiger partial charge in [0, 0.05) is 38.3 Å². The third-order valence-corrected chi connectivity index (χ3v) is 5.34. The van der Waals surface area contributed by atoms with Crippen LogP contribution in [-0.2, 0) is 13.1 Å². The van der Waals surface area contributed by atoms with Gasteiger partial charge in [-0.3, -0.25) is 9.80 Å². The van der Waals surface area contributed by atoms with E-state index in [0.717, 1.165) is 67.6 Å². The van der Waals surface area contributed by atoms with Crippen molar-refractivity contribution in [3.8, 4) is 17.2 Å². The molecule has 3 aromatic rings. The molecule has 0 spiro atoms. The number of benzene rings is 2. The summed E-state index contributed by atoms with van der Waals surface area (Å²) in [6, 6.07) is 11.9. The minimum absolute atomic E-state index is 0.641. The normalized spacial score (nSPS) is 15.6. The molecule has 2 aromatic carbocycles. The van der Waals surface area contributed by atoms with Gasteiger partial charge in [0.15, 0.2) is 17.1 Å². The minimum atomic E-state index is 0.641. The molecule has 1 fully saturated rings. The predicted octanol–water partition coefficient (Wildman–Crippen LogP) is 3.17. The monoisotopic (exact) mass is 397 g/mol. The molecule has 1 saturated heterocycles. The number of oxazole rings is 1. The van der Waals surface area contributed by atoms with E-state index in [4.69, 9.17) is 18.6 Å². The third-order valence-electron chi connectivity index (χ3n) is 5.34. The van der Waals surface area contributed by atoms with Crippen LogP contribution in [0, 0.1) is 0 Å². The zero-order chi connectivity index (χ0) is 20.2. The minimum Gasteiger partial charge on any atom is -0.493 e. The van der Waals surface area contributed by atoms with Crippen molar-refractivity contribution >= 4 is 11.1 Å². The van der Waals surface area contributed by atoms with Crippen LogP contribution in [0.25, 0.3) is 11.1 Å². The van der Waals surface area contributed by atoms with E-state index in [1.807, 2.05) is 36.4 Å². The van der Waals surface area contributed by atoms with Crippen LogP contribution in [0.5, 0.6) is 17.2 Å². The number of hydrogen-bond donors (Lipinski definition) is 0. The first kappa shape index (κ1) is 19.5. The second-order valence-corrected chi connectivity index (χ2v) is 7.12. The van der Waals surface area contributed by atoms with Gasteiger partial charge < -0.3 is 18.6 Å². The number of fused-ring (bicyclic) bond motifs is 1. The molecule has 0 atom stereocenters. The van der Waals surface area contributed by atoms with Crippen LogP contribution in [0.4, 0.5) is 0 Å². The summed E-state index contributed by atoms with van der Waals surface area (Å²) in [5.74, 6) is 2.83. The first-order valence-corrected chi connectivity index (χ1v) is 9.79. The van der Waals surface area contributed by atoms with Crippen molar-refractivity contribution in [3.63, 3.8) is 0 Å². The van der Waals surface area contributed by atoms with Gasteiger partial charge >= 0.3 is 0 Å². The molecular weight excluding hydrogens is 370 g/mol. The lowest BCUT2D eigenvalue weighted by Crippen LogP contribution is -2.45. The Morgan fingerprint density at radius 2 is 1.52 bits per heavy atom. The smallest absolute Gasteiger partial charge is 0.209 e. The highest BCUT2D eigenvalue weighted by atomic mass is 16.5. The van der Waals surface area contributed by atoms with E-state index < -0.39 is 0 Å². The Morgan fingerprint density at radius 3 is 2.17 bits per heavy atom. The summed E-state index contributed by atoms with van der Waals surface area (Å²) < 4.78 is 22.4. The van der Waals surface area contributed by atoms with Gasteiger partial charge in [-0.2, -0.15) is 0 Å². The Hall–Kier alpha value is -2.77. The zero-order valence-electron chi connectivity index (χ0n) is 17.2. The number of rotatable bonds is 7. The number of methoxy groups -OCH3 is 3. The van der Waals surface area contributed by atoms with E-state index in [1.54, 1.807) is 21.3 Å². The first-order valence-electron chi connectivity index (χ1n) is 9.79. The summed E-state index contributed by atoms with van der Waals surface area (Å²) in [5.41, 5.74) is 2.86. The molecule has 154 valence electrons. The van der Waals surface area contributed by atoms with Crippen molar-refractivity contribution in [2.24, 2.45) is 0 Å². The maximum atomic E-state index is 5.86.